The highest BCUT2D eigenvalue weighted by molar-refractivity contribution is 6.13. The third-order valence-corrected chi connectivity index (χ3v) is 6.23. The fourth-order valence-electron chi connectivity index (χ4n) is 4.20. The van der Waals surface area contributed by atoms with Gasteiger partial charge in [0, 0.05) is 22.7 Å². The van der Waals surface area contributed by atoms with Crippen molar-refractivity contribution < 1.29 is 13.6 Å². The van der Waals surface area contributed by atoms with E-state index in [0.717, 1.165) is 29.1 Å². The molecule has 3 aromatic carbocycles. The molecule has 2 heterocycles. The van der Waals surface area contributed by atoms with Gasteiger partial charge < -0.3 is 5.32 Å². The van der Waals surface area contributed by atoms with Crippen molar-refractivity contribution in [1.29, 1.82) is 0 Å². The van der Waals surface area contributed by atoms with Gasteiger partial charge in [0.05, 0.1) is 34.4 Å². The number of carbonyl (C=O) groups excluding carboxylic acids is 1. The van der Waals surface area contributed by atoms with Gasteiger partial charge in [-0.15, -0.1) is 0 Å². The first-order chi connectivity index (χ1) is 17.3. The first-order valence-corrected chi connectivity index (χ1v) is 11.6. The number of rotatable bonds is 5. The predicted molar refractivity (Wildman–Crippen MR) is 137 cm³/mol. The lowest BCUT2D eigenvalue weighted by atomic mass is 10.0. The number of benzene rings is 3. The molecule has 0 bridgehead atoms. The number of aromatic nitrogens is 3. The van der Waals surface area contributed by atoms with Crippen molar-refractivity contribution in [2.24, 2.45) is 0 Å². The standard InChI is InChI=1S/C29H24F2N4O/c1-17(2)19-8-11-21(12-9-19)35-18(3)24(16-32-35)28-15-23(22-6-4-5-7-27(22)34-28)29(36)33-20-10-13-25(30)26(31)14-20/h4-17H,1-3H3,(H,33,36). The van der Waals surface area contributed by atoms with Gasteiger partial charge in [-0.05, 0) is 54.8 Å². The van der Waals surface area contributed by atoms with E-state index in [1.807, 2.05) is 41.9 Å². The molecule has 2 aromatic heterocycles. The lowest BCUT2D eigenvalue weighted by molar-refractivity contribution is 0.102. The van der Waals surface area contributed by atoms with Crippen molar-refractivity contribution in [3.8, 4) is 16.9 Å². The zero-order chi connectivity index (χ0) is 25.4. The van der Waals surface area contributed by atoms with Crippen molar-refractivity contribution >= 4 is 22.5 Å². The van der Waals surface area contributed by atoms with E-state index in [4.69, 9.17) is 4.98 Å². The molecule has 0 aliphatic heterocycles. The molecule has 0 aliphatic rings. The quantitative estimate of drug-likeness (QED) is 0.292. The Kier molecular flexibility index (Phi) is 6.06. The van der Waals surface area contributed by atoms with Crippen LogP contribution in [-0.4, -0.2) is 20.7 Å². The van der Waals surface area contributed by atoms with Crippen LogP contribution in [0.15, 0.2) is 79.0 Å². The smallest absolute Gasteiger partial charge is 0.256 e. The zero-order valence-corrected chi connectivity index (χ0v) is 20.1. The number of para-hydroxylation sites is 1. The number of nitrogens with one attached hydrogen (secondary N) is 1. The van der Waals surface area contributed by atoms with Gasteiger partial charge in [-0.1, -0.05) is 44.2 Å². The molecule has 0 unspecified atom stereocenters. The molecule has 5 rings (SSSR count). The second-order valence-electron chi connectivity index (χ2n) is 8.96. The monoisotopic (exact) mass is 482 g/mol. The number of amides is 1. The Morgan fingerprint density at radius 1 is 0.944 bits per heavy atom. The Morgan fingerprint density at radius 3 is 2.42 bits per heavy atom. The van der Waals surface area contributed by atoms with Crippen LogP contribution in [0.25, 0.3) is 27.8 Å². The molecule has 36 heavy (non-hydrogen) atoms. The first kappa shape index (κ1) is 23.4. The minimum Gasteiger partial charge on any atom is -0.322 e. The van der Waals surface area contributed by atoms with Crippen LogP contribution >= 0.6 is 0 Å². The summed E-state index contributed by atoms with van der Waals surface area (Å²) in [5.74, 6) is -2.02. The lowest BCUT2D eigenvalue weighted by Crippen LogP contribution is -2.13. The summed E-state index contributed by atoms with van der Waals surface area (Å²) in [5.41, 5.74) is 5.60. The van der Waals surface area contributed by atoms with Gasteiger partial charge in [-0.3, -0.25) is 4.79 Å². The average Bonchev–Trinajstić information content (AvgIpc) is 3.26. The number of carbonyl (C=O) groups is 1. The van der Waals surface area contributed by atoms with Crippen molar-refractivity contribution in [3.63, 3.8) is 0 Å². The van der Waals surface area contributed by atoms with Crippen LogP contribution in [0, 0.1) is 18.6 Å². The molecule has 0 saturated heterocycles. The number of pyridine rings is 1. The summed E-state index contributed by atoms with van der Waals surface area (Å²) in [6.45, 7) is 6.26. The molecule has 1 N–H and O–H groups in total. The lowest BCUT2D eigenvalue weighted by Gasteiger charge is -2.11. The number of hydrogen-bond donors (Lipinski definition) is 1. The van der Waals surface area contributed by atoms with E-state index >= 15 is 0 Å². The molecule has 0 radical (unpaired) electrons. The SMILES string of the molecule is Cc1c(-c2cc(C(=O)Nc3ccc(F)c(F)c3)c3ccccc3n2)cnn1-c1ccc(C(C)C)cc1. The molecular formula is C29H24F2N4O. The highest BCUT2D eigenvalue weighted by atomic mass is 19.2. The average molecular weight is 483 g/mol. The second kappa shape index (κ2) is 9.34. The molecule has 0 atom stereocenters. The van der Waals surface area contributed by atoms with E-state index in [0.29, 0.717) is 28.1 Å². The van der Waals surface area contributed by atoms with E-state index < -0.39 is 17.5 Å². The summed E-state index contributed by atoms with van der Waals surface area (Å²) in [6, 6.07) is 20.5. The van der Waals surface area contributed by atoms with Crippen LogP contribution < -0.4 is 5.32 Å². The molecule has 0 spiro atoms. The topological polar surface area (TPSA) is 59.8 Å². The molecule has 0 aliphatic carbocycles. The Labute approximate surface area is 207 Å². The van der Waals surface area contributed by atoms with Crippen molar-refractivity contribution in [2.75, 3.05) is 5.32 Å². The van der Waals surface area contributed by atoms with Crippen molar-refractivity contribution in [2.45, 2.75) is 26.7 Å². The third kappa shape index (κ3) is 4.35. The third-order valence-electron chi connectivity index (χ3n) is 6.23. The van der Waals surface area contributed by atoms with Crippen LogP contribution in [0.1, 0.15) is 41.4 Å². The van der Waals surface area contributed by atoms with Crippen molar-refractivity contribution in [1.82, 2.24) is 14.8 Å². The number of fused-ring (bicyclic) bond motifs is 1. The number of anilines is 1. The normalized spacial score (nSPS) is 11.3. The fraction of sp³-hybridized carbons (Fsp3) is 0.138. The van der Waals surface area contributed by atoms with Crippen LogP contribution in [0.4, 0.5) is 14.5 Å². The van der Waals surface area contributed by atoms with Gasteiger partial charge in [0.1, 0.15) is 0 Å². The summed E-state index contributed by atoms with van der Waals surface area (Å²) < 4.78 is 28.8. The van der Waals surface area contributed by atoms with Crippen LogP contribution in [-0.2, 0) is 0 Å². The highest BCUT2D eigenvalue weighted by Gasteiger charge is 2.18. The molecule has 1 amide bonds. The minimum absolute atomic E-state index is 0.162. The first-order valence-electron chi connectivity index (χ1n) is 11.6. The van der Waals surface area contributed by atoms with Crippen LogP contribution in [0.5, 0.6) is 0 Å². The Bertz CT molecular complexity index is 1590. The molecule has 5 nitrogen and oxygen atoms in total. The zero-order valence-electron chi connectivity index (χ0n) is 20.1. The van der Waals surface area contributed by atoms with Gasteiger partial charge in [0.15, 0.2) is 11.6 Å². The van der Waals surface area contributed by atoms with E-state index in [1.165, 1.54) is 11.6 Å². The second-order valence-corrected chi connectivity index (χ2v) is 8.96. The summed E-state index contributed by atoms with van der Waals surface area (Å²) in [5, 5.41) is 7.89. The van der Waals surface area contributed by atoms with E-state index in [9.17, 15) is 13.6 Å². The number of hydrogen-bond acceptors (Lipinski definition) is 3. The van der Waals surface area contributed by atoms with E-state index in [1.54, 1.807) is 18.3 Å². The molecule has 5 aromatic rings. The van der Waals surface area contributed by atoms with Crippen molar-refractivity contribution in [3.05, 3.63) is 107 Å². The minimum atomic E-state index is -1.03. The van der Waals surface area contributed by atoms with Gasteiger partial charge in [0.25, 0.3) is 5.91 Å². The summed E-state index contributed by atoms with van der Waals surface area (Å²) in [6.07, 6.45) is 1.74. The Hall–Kier alpha value is -4.39. The molecule has 0 saturated carbocycles. The summed E-state index contributed by atoms with van der Waals surface area (Å²) >= 11 is 0. The maximum absolute atomic E-state index is 13.7. The molecule has 0 fully saturated rings. The Balaban J connectivity index is 1.55. The van der Waals surface area contributed by atoms with E-state index in [-0.39, 0.29) is 5.69 Å². The van der Waals surface area contributed by atoms with Gasteiger partial charge in [-0.2, -0.15) is 5.10 Å². The molecule has 7 heteroatoms. The number of nitrogens with zero attached hydrogens (tertiary/aromatic N) is 3. The maximum Gasteiger partial charge on any atom is 0.256 e. The van der Waals surface area contributed by atoms with Crippen LogP contribution in [0.2, 0.25) is 0 Å². The largest absolute Gasteiger partial charge is 0.322 e. The summed E-state index contributed by atoms with van der Waals surface area (Å²) in [7, 11) is 0. The maximum atomic E-state index is 13.7. The van der Waals surface area contributed by atoms with Gasteiger partial charge >= 0.3 is 0 Å². The highest BCUT2D eigenvalue weighted by Crippen LogP contribution is 2.29. The fourth-order valence-corrected chi connectivity index (χ4v) is 4.20. The molecular weight excluding hydrogens is 458 g/mol. The summed E-state index contributed by atoms with van der Waals surface area (Å²) in [4.78, 5) is 18.0. The number of halogens is 2. The van der Waals surface area contributed by atoms with Gasteiger partial charge in [-0.25, -0.2) is 18.4 Å². The van der Waals surface area contributed by atoms with Crippen LogP contribution in [0.3, 0.4) is 0 Å². The van der Waals surface area contributed by atoms with Gasteiger partial charge in [0.2, 0.25) is 0 Å². The van der Waals surface area contributed by atoms with E-state index in [2.05, 4.69) is 36.4 Å². The predicted octanol–water partition coefficient (Wildman–Crippen LogP) is 7.05. The Morgan fingerprint density at radius 2 is 1.69 bits per heavy atom. The molecule has 180 valence electrons.